The molecule has 0 aliphatic heterocycles. The molecule has 0 unspecified atom stereocenters. The SMILES string of the molecule is CCSc1cccc(C(=O)N(CCN(C)C)c2nc3cc(C)c(C)cc3s2)c1.Cl. The molecule has 0 radical (unpaired) electrons. The second kappa shape index (κ2) is 10.4. The highest BCUT2D eigenvalue weighted by atomic mass is 35.5. The van der Waals surface area contributed by atoms with E-state index in [2.05, 4.69) is 43.9 Å². The van der Waals surface area contributed by atoms with Gasteiger partial charge in [-0.3, -0.25) is 9.69 Å². The number of thiazole rings is 1. The van der Waals surface area contributed by atoms with Gasteiger partial charge in [0.15, 0.2) is 5.13 Å². The fourth-order valence-electron chi connectivity index (χ4n) is 2.91. The van der Waals surface area contributed by atoms with E-state index in [0.29, 0.717) is 12.1 Å². The van der Waals surface area contributed by atoms with Crippen LogP contribution >= 0.6 is 35.5 Å². The van der Waals surface area contributed by atoms with Crippen molar-refractivity contribution in [2.75, 3.05) is 37.8 Å². The molecule has 0 N–H and O–H groups in total. The molecular weight excluding hydrogens is 422 g/mol. The van der Waals surface area contributed by atoms with E-state index in [1.54, 1.807) is 23.1 Å². The summed E-state index contributed by atoms with van der Waals surface area (Å²) < 4.78 is 1.12. The van der Waals surface area contributed by atoms with E-state index in [9.17, 15) is 4.79 Å². The largest absolute Gasteiger partial charge is 0.308 e. The molecular formula is C22H28ClN3OS2. The highest BCUT2D eigenvalue weighted by Crippen LogP contribution is 2.32. The van der Waals surface area contributed by atoms with E-state index in [0.717, 1.165) is 32.5 Å². The van der Waals surface area contributed by atoms with Gasteiger partial charge in [0.25, 0.3) is 5.91 Å². The Morgan fingerprint density at radius 2 is 1.83 bits per heavy atom. The van der Waals surface area contributed by atoms with Crippen LogP contribution in [0.2, 0.25) is 0 Å². The van der Waals surface area contributed by atoms with Crippen LogP contribution in [0.25, 0.3) is 10.2 Å². The lowest BCUT2D eigenvalue weighted by molar-refractivity contribution is 0.0985. The number of fused-ring (bicyclic) bond motifs is 1. The molecule has 4 nitrogen and oxygen atoms in total. The Kier molecular flexibility index (Phi) is 8.52. The Morgan fingerprint density at radius 3 is 2.52 bits per heavy atom. The molecule has 7 heteroatoms. The van der Waals surface area contributed by atoms with Crippen molar-refractivity contribution in [1.29, 1.82) is 0 Å². The minimum absolute atomic E-state index is 0. The van der Waals surface area contributed by atoms with E-state index in [4.69, 9.17) is 4.98 Å². The van der Waals surface area contributed by atoms with Crippen LogP contribution in [0.15, 0.2) is 41.3 Å². The molecule has 0 fully saturated rings. The highest BCUT2D eigenvalue weighted by molar-refractivity contribution is 7.99. The number of halogens is 1. The van der Waals surface area contributed by atoms with Gasteiger partial charge in [-0.25, -0.2) is 4.98 Å². The molecule has 0 saturated heterocycles. The molecule has 2 aromatic carbocycles. The van der Waals surface area contributed by atoms with Crippen molar-refractivity contribution in [2.24, 2.45) is 0 Å². The molecule has 0 bridgehead atoms. The molecule has 3 aromatic rings. The lowest BCUT2D eigenvalue weighted by atomic mass is 10.1. The first-order valence-electron chi connectivity index (χ1n) is 9.46. The maximum atomic E-state index is 13.4. The number of anilines is 1. The number of carbonyl (C=O) groups excluding carboxylic acids is 1. The maximum absolute atomic E-state index is 13.4. The quantitative estimate of drug-likeness (QED) is 0.436. The van der Waals surface area contributed by atoms with Gasteiger partial charge in [-0.15, -0.1) is 24.2 Å². The zero-order valence-electron chi connectivity index (χ0n) is 17.6. The van der Waals surface area contributed by atoms with Gasteiger partial charge >= 0.3 is 0 Å². The average Bonchev–Trinajstić information content (AvgIpc) is 3.04. The zero-order valence-corrected chi connectivity index (χ0v) is 20.0. The molecule has 0 atom stereocenters. The summed E-state index contributed by atoms with van der Waals surface area (Å²) in [6, 6.07) is 12.2. The summed E-state index contributed by atoms with van der Waals surface area (Å²) in [6.07, 6.45) is 0. The Hall–Kier alpha value is -1.60. The smallest absolute Gasteiger partial charge is 0.260 e. The van der Waals surface area contributed by atoms with Crippen LogP contribution in [0.4, 0.5) is 5.13 Å². The van der Waals surface area contributed by atoms with Gasteiger partial charge in [0, 0.05) is 23.5 Å². The summed E-state index contributed by atoms with van der Waals surface area (Å²) >= 11 is 3.34. The fraction of sp³-hybridized carbons (Fsp3) is 0.364. The Balaban J connectivity index is 0.00000300. The number of rotatable bonds is 7. The first-order chi connectivity index (χ1) is 13.4. The summed E-state index contributed by atoms with van der Waals surface area (Å²) in [5.41, 5.74) is 4.14. The van der Waals surface area contributed by atoms with Crippen molar-refractivity contribution in [2.45, 2.75) is 25.7 Å². The molecule has 1 heterocycles. The predicted molar refractivity (Wildman–Crippen MR) is 129 cm³/mol. The number of thioether (sulfide) groups is 1. The zero-order chi connectivity index (χ0) is 20.3. The molecule has 0 aliphatic carbocycles. The topological polar surface area (TPSA) is 36.4 Å². The van der Waals surface area contributed by atoms with Crippen LogP contribution < -0.4 is 4.90 Å². The minimum atomic E-state index is 0. The van der Waals surface area contributed by atoms with Crippen LogP contribution in [-0.4, -0.2) is 48.7 Å². The van der Waals surface area contributed by atoms with Crippen molar-refractivity contribution in [3.63, 3.8) is 0 Å². The fourth-order valence-corrected chi connectivity index (χ4v) is 4.70. The van der Waals surface area contributed by atoms with Gasteiger partial charge in [-0.1, -0.05) is 24.3 Å². The number of hydrogen-bond donors (Lipinski definition) is 0. The normalized spacial score (nSPS) is 11.0. The van der Waals surface area contributed by atoms with Crippen molar-refractivity contribution in [1.82, 2.24) is 9.88 Å². The molecule has 0 saturated carbocycles. The third-order valence-corrected chi connectivity index (χ3v) is 6.55. The van der Waals surface area contributed by atoms with E-state index < -0.39 is 0 Å². The Bertz CT molecular complexity index is 948. The predicted octanol–water partition coefficient (Wildman–Crippen LogP) is 5.66. The van der Waals surface area contributed by atoms with Gasteiger partial charge in [-0.2, -0.15) is 0 Å². The number of benzene rings is 2. The first kappa shape index (κ1) is 23.7. The Labute approximate surface area is 187 Å². The average molecular weight is 450 g/mol. The molecule has 1 amide bonds. The van der Waals surface area contributed by atoms with Gasteiger partial charge in [0.05, 0.1) is 10.2 Å². The molecule has 156 valence electrons. The van der Waals surface area contributed by atoms with Crippen molar-refractivity contribution in [3.05, 3.63) is 53.1 Å². The van der Waals surface area contributed by atoms with Crippen LogP contribution in [0.3, 0.4) is 0 Å². The minimum Gasteiger partial charge on any atom is -0.308 e. The van der Waals surface area contributed by atoms with Crippen LogP contribution in [0.1, 0.15) is 28.4 Å². The summed E-state index contributed by atoms with van der Waals surface area (Å²) in [5, 5.41) is 0.764. The van der Waals surface area contributed by atoms with Crippen LogP contribution in [-0.2, 0) is 0 Å². The highest BCUT2D eigenvalue weighted by Gasteiger charge is 2.22. The third-order valence-electron chi connectivity index (χ3n) is 4.63. The third kappa shape index (κ3) is 5.72. The second-order valence-electron chi connectivity index (χ2n) is 7.12. The van der Waals surface area contributed by atoms with Gasteiger partial charge in [0.1, 0.15) is 0 Å². The number of nitrogens with zero attached hydrogens (tertiary/aromatic N) is 3. The van der Waals surface area contributed by atoms with Gasteiger partial charge in [0.2, 0.25) is 0 Å². The van der Waals surface area contributed by atoms with E-state index >= 15 is 0 Å². The molecule has 29 heavy (non-hydrogen) atoms. The summed E-state index contributed by atoms with van der Waals surface area (Å²) in [6.45, 7) is 7.71. The standard InChI is InChI=1S/C22H27N3OS2.ClH/c1-6-27-18-9-7-8-17(14-18)21(26)25(11-10-24(4)5)22-23-19-12-15(2)16(3)13-20(19)28-22;/h7-9,12-14H,6,10-11H2,1-5H3;1H. The van der Waals surface area contributed by atoms with Gasteiger partial charge in [-0.05, 0) is 75.2 Å². The lowest BCUT2D eigenvalue weighted by Gasteiger charge is -2.22. The lowest BCUT2D eigenvalue weighted by Crippen LogP contribution is -2.36. The summed E-state index contributed by atoms with van der Waals surface area (Å²) in [7, 11) is 4.04. The van der Waals surface area contributed by atoms with E-state index in [1.807, 2.05) is 37.2 Å². The number of amides is 1. The number of aromatic nitrogens is 1. The number of likely N-dealkylation sites (N-methyl/N-ethyl adjacent to an activating group) is 1. The number of aryl methyl sites for hydroxylation is 2. The molecule has 0 spiro atoms. The maximum Gasteiger partial charge on any atom is 0.260 e. The summed E-state index contributed by atoms with van der Waals surface area (Å²) in [4.78, 5) is 23.2. The molecule has 3 rings (SSSR count). The van der Waals surface area contributed by atoms with E-state index in [-0.39, 0.29) is 18.3 Å². The summed E-state index contributed by atoms with van der Waals surface area (Å²) in [5.74, 6) is 0.992. The van der Waals surface area contributed by atoms with Crippen molar-refractivity contribution in [3.8, 4) is 0 Å². The van der Waals surface area contributed by atoms with E-state index in [1.165, 1.54) is 11.1 Å². The van der Waals surface area contributed by atoms with Crippen molar-refractivity contribution >= 4 is 56.8 Å². The van der Waals surface area contributed by atoms with Crippen LogP contribution in [0.5, 0.6) is 0 Å². The van der Waals surface area contributed by atoms with Crippen molar-refractivity contribution < 1.29 is 4.79 Å². The van der Waals surface area contributed by atoms with Gasteiger partial charge < -0.3 is 4.90 Å². The number of carbonyl (C=O) groups is 1. The Morgan fingerprint density at radius 1 is 1.10 bits per heavy atom. The second-order valence-corrected chi connectivity index (χ2v) is 9.47. The monoisotopic (exact) mass is 449 g/mol. The molecule has 1 aromatic heterocycles. The number of hydrogen-bond acceptors (Lipinski definition) is 5. The first-order valence-corrected chi connectivity index (χ1v) is 11.3. The molecule has 0 aliphatic rings. The van der Waals surface area contributed by atoms with Crippen LogP contribution in [0, 0.1) is 13.8 Å².